The van der Waals surface area contributed by atoms with Crippen LogP contribution in [0, 0.1) is 5.41 Å². The second kappa shape index (κ2) is 6.68. The molecule has 0 aromatic heterocycles. The van der Waals surface area contributed by atoms with Gasteiger partial charge in [0, 0.05) is 5.56 Å². The van der Waals surface area contributed by atoms with Crippen LogP contribution >= 0.6 is 0 Å². The van der Waals surface area contributed by atoms with Crippen LogP contribution in [0.4, 0.5) is 0 Å². The monoisotopic (exact) mass is 328 g/mol. The topological polar surface area (TPSA) is 17.1 Å². The molecule has 0 N–H and O–H groups in total. The van der Waals surface area contributed by atoms with Gasteiger partial charge in [-0.1, -0.05) is 112 Å². The maximum Gasteiger partial charge on any atom is 0.178 e. The molecule has 126 valence electrons. The first-order valence-corrected chi connectivity index (χ1v) is 8.69. The first-order chi connectivity index (χ1) is 12.0. The molecule has 0 fully saturated rings. The highest BCUT2D eigenvalue weighted by atomic mass is 16.1. The Hall–Kier alpha value is -2.67. The first kappa shape index (κ1) is 17.2. The first-order valence-electron chi connectivity index (χ1n) is 8.69. The van der Waals surface area contributed by atoms with Gasteiger partial charge in [-0.25, -0.2) is 0 Å². The fourth-order valence-electron chi connectivity index (χ4n) is 3.82. The minimum Gasteiger partial charge on any atom is -0.293 e. The van der Waals surface area contributed by atoms with Crippen molar-refractivity contribution in [2.24, 2.45) is 5.41 Å². The number of benzene rings is 3. The van der Waals surface area contributed by atoms with Crippen LogP contribution < -0.4 is 0 Å². The van der Waals surface area contributed by atoms with E-state index in [1.54, 1.807) is 0 Å². The summed E-state index contributed by atoms with van der Waals surface area (Å²) in [5.74, 6) is 0.137. The summed E-state index contributed by atoms with van der Waals surface area (Å²) in [7, 11) is 0. The van der Waals surface area contributed by atoms with Crippen molar-refractivity contribution in [1.29, 1.82) is 0 Å². The third-order valence-corrected chi connectivity index (χ3v) is 4.92. The average molecular weight is 328 g/mol. The van der Waals surface area contributed by atoms with E-state index in [1.165, 1.54) is 0 Å². The molecular formula is C24H24O. The van der Waals surface area contributed by atoms with Gasteiger partial charge >= 0.3 is 0 Å². The summed E-state index contributed by atoms with van der Waals surface area (Å²) < 4.78 is 0. The summed E-state index contributed by atoms with van der Waals surface area (Å²) >= 11 is 0. The van der Waals surface area contributed by atoms with E-state index in [2.05, 4.69) is 45.0 Å². The predicted octanol–water partition coefficient (Wildman–Crippen LogP) is 5.90. The van der Waals surface area contributed by atoms with Crippen LogP contribution in [0.2, 0.25) is 0 Å². The number of Topliss-reactive ketones (excluding diaryl/α,β-unsaturated/α-hetero) is 1. The second-order valence-corrected chi connectivity index (χ2v) is 7.43. The predicted molar refractivity (Wildman–Crippen MR) is 104 cm³/mol. The molecule has 0 amide bonds. The normalized spacial score (nSPS) is 12.0. The van der Waals surface area contributed by atoms with Crippen LogP contribution in [-0.2, 0) is 5.41 Å². The summed E-state index contributed by atoms with van der Waals surface area (Å²) in [5.41, 5.74) is 1.75. The molecule has 0 saturated heterocycles. The fourth-order valence-corrected chi connectivity index (χ4v) is 3.82. The van der Waals surface area contributed by atoms with Crippen molar-refractivity contribution in [1.82, 2.24) is 0 Å². The van der Waals surface area contributed by atoms with Crippen molar-refractivity contribution in [2.75, 3.05) is 0 Å². The Bertz CT molecular complexity index is 788. The van der Waals surface area contributed by atoms with Gasteiger partial charge in [-0.05, 0) is 16.5 Å². The molecule has 0 radical (unpaired) electrons. The zero-order valence-corrected chi connectivity index (χ0v) is 15.1. The van der Waals surface area contributed by atoms with Crippen molar-refractivity contribution in [3.63, 3.8) is 0 Å². The third kappa shape index (κ3) is 2.91. The molecule has 0 saturated carbocycles. The van der Waals surface area contributed by atoms with Crippen molar-refractivity contribution in [2.45, 2.75) is 26.2 Å². The summed E-state index contributed by atoms with van der Waals surface area (Å²) in [5, 5.41) is 0. The minimum absolute atomic E-state index is 0.137. The molecule has 0 unspecified atom stereocenters. The lowest BCUT2D eigenvalue weighted by Crippen LogP contribution is -2.48. The molecule has 25 heavy (non-hydrogen) atoms. The standard InChI is InChI=1S/C24H24O/c1-23(2,3)24(20-15-9-5-10-16-20,21-17-11-6-12-18-21)22(25)19-13-7-4-8-14-19/h4-18H,1-3H3. The smallest absolute Gasteiger partial charge is 0.178 e. The van der Waals surface area contributed by atoms with Crippen LogP contribution in [0.5, 0.6) is 0 Å². The van der Waals surface area contributed by atoms with Gasteiger partial charge in [0.15, 0.2) is 5.78 Å². The highest BCUT2D eigenvalue weighted by Crippen LogP contribution is 2.49. The number of rotatable bonds is 4. The molecule has 3 aromatic carbocycles. The molecule has 1 nitrogen and oxygen atoms in total. The summed E-state index contributed by atoms with van der Waals surface area (Å²) in [6.07, 6.45) is 0. The molecule has 0 spiro atoms. The van der Waals surface area contributed by atoms with Crippen molar-refractivity contribution in [3.8, 4) is 0 Å². The van der Waals surface area contributed by atoms with Gasteiger partial charge in [0.25, 0.3) is 0 Å². The highest BCUT2D eigenvalue weighted by Gasteiger charge is 2.51. The number of hydrogen-bond acceptors (Lipinski definition) is 1. The Morgan fingerprint density at radius 2 is 0.960 bits per heavy atom. The van der Waals surface area contributed by atoms with Gasteiger partial charge < -0.3 is 0 Å². The fraction of sp³-hybridized carbons (Fsp3) is 0.208. The molecule has 0 aliphatic rings. The molecule has 0 aliphatic heterocycles. The van der Waals surface area contributed by atoms with Crippen LogP contribution in [0.25, 0.3) is 0 Å². The SMILES string of the molecule is CC(C)(C)C(C(=O)c1ccccc1)(c1ccccc1)c1ccccc1. The van der Waals surface area contributed by atoms with Crippen LogP contribution in [0.15, 0.2) is 91.0 Å². The van der Waals surface area contributed by atoms with E-state index in [-0.39, 0.29) is 11.2 Å². The van der Waals surface area contributed by atoms with E-state index in [4.69, 9.17) is 0 Å². The number of hydrogen-bond donors (Lipinski definition) is 0. The number of carbonyl (C=O) groups is 1. The van der Waals surface area contributed by atoms with Crippen molar-refractivity contribution in [3.05, 3.63) is 108 Å². The van der Waals surface area contributed by atoms with Crippen LogP contribution in [-0.4, -0.2) is 5.78 Å². The van der Waals surface area contributed by atoms with Gasteiger partial charge in [-0.15, -0.1) is 0 Å². The van der Waals surface area contributed by atoms with E-state index < -0.39 is 5.41 Å². The summed E-state index contributed by atoms with van der Waals surface area (Å²) in [6.45, 7) is 6.44. The molecular weight excluding hydrogens is 304 g/mol. The molecule has 3 rings (SSSR count). The van der Waals surface area contributed by atoms with Crippen molar-refractivity contribution < 1.29 is 4.79 Å². The lowest BCUT2D eigenvalue weighted by Gasteiger charge is -2.44. The van der Waals surface area contributed by atoms with Gasteiger partial charge in [0.1, 0.15) is 0 Å². The Kier molecular flexibility index (Phi) is 4.59. The highest BCUT2D eigenvalue weighted by molar-refractivity contribution is 6.07. The van der Waals surface area contributed by atoms with Gasteiger partial charge in [0.2, 0.25) is 0 Å². The average Bonchev–Trinajstić information content (AvgIpc) is 2.63. The molecule has 1 heteroatoms. The maximum absolute atomic E-state index is 13.9. The lowest BCUT2D eigenvalue weighted by molar-refractivity contribution is 0.0800. The Morgan fingerprint density at radius 1 is 0.600 bits per heavy atom. The van der Waals surface area contributed by atoms with Crippen LogP contribution in [0.3, 0.4) is 0 Å². The molecule has 0 heterocycles. The summed E-state index contributed by atoms with van der Waals surface area (Å²) in [6, 6.07) is 29.9. The van der Waals surface area contributed by atoms with Crippen LogP contribution in [0.1, 0.15) is 42.3 Å². The second-order valence-electron chi connectivity index (χ2n) is 7.43. The van der Waals surface area contributed by atoms with Gasteiger partial charge in [-0.2, -0.15) is 0 Å². The minimum atomic E-state index is -0.753. The van der Waals surface area contributed by atoms with E-state index >= 15 is 0 Å². The van der Waals surface area contributed by atoms with Gasteiger partial charge in [0.05, 0.1) is 5.41 Å². The molecule has 0 atom stereocenters. The number of carbonyl (C=O) groups excluding carboxylic acids is 1. The molecule has 0 bridgehead atoms. The molecule has 0 aliphatic carbocycles. The third-order valence-electron chi connectivity index (χ3n) is 4.92. The Morgan fingerprint density at radius 3 is 1.32 bits per heavy atom. The maximum atomic E-state index is 13.9. The summed E-state index contributed by atoms with van der Waals surface area (Å²) in [4.78, 5) is 13.9. The lowest BCUT2D eigenvalue weighted by atomic mass is 9.56. The van der Waals surface area contributed by atoms with Gasteiger partial charge in [-0.3, -0.25) is 4.79 Å². The van der Waals surface area contributed by atoms with E-state index in [0.717, 1.165) is 16.7 Å². The van der Waals surface area contributed by atoms with E-state index in [0.29, 0.717) is 0 Å². The van der Waals surface area contributed by atoms with E-state index in [9.17, 15) is 4.79 Å². The Labute approximate surface area is 150 Å². The molecule has 3 aromatic rings. The van der Waals surface area contributed by atoms with E-state index in [1.807, 2.05) is 66.7 Å². The zero-order valence-electron chi connectivity index (χ0n) is 15.1. The van der Waals surface area contributed by atoms with Crippen molar-refractivity contribution >= 4 is 5.78 Å². The quantitative estimate of drug-likeness (QED) is 0.545. The number of ketones is 1. The zero-order chi connectivity index (χ0) is 17.9. The largest absolute Gasteiger partial charge is 0.293 e. The Balaban J connectivity index is 2.36.